The normalized spacial score (nSPS) is 12.9. The second-order valence-electron chi connectivity index (χ2n) is 8.37. The van der Waals surface area contributed by atoms with Crippen molar-refractivity contribution >= 4 is 33.1 Å². The van der Waals surface area contributed by atoms with Gasteiger partial charge in [0.2, 0.25) is 16.0 Å². The summed E-state index contributed by atoms with van der Waals surface area (Å²) in [5.41, 5.74) is 2.02. The number of carbonyl (C=O) groups excluding carboxylic acids is 1. The fourth-order valence-electron chi connectivity index (χ4n) is 3.46. The third kappa shape index (κ3) is 6.76. The highest BCUT2D eigenvalue weighted by atomic mass is 32.2. The number of H-pyrrole nitrogens is 1. The minimum atomic E-state index is -3.89. The van der Waals surface area contributed by atoms with E-state index in [4.69, 9.17) is 0 Å². The van der Waals surface area contributed by atoms with E-state index < -0.39 is 22.2 Å². The summed E-state index contributed by atoms with van der Waals surface area (Å²) in [5, 5.41) is 16.2. The molecule has 34 heavy (non-hydrogen) atoms. The second kappa shape index (κ2) is 11.4. The highest BCUT2D eigenvalue weighted by Gasteiger charge is 2.28. The topological polar surface area (TPSA) is 137 Å². The van der Waals surface area contributed by atoms with Gasteiger partial charge in [0.25, 0.3) is 0 Å². The number of aliphatic hydroxyl groups excluding tert-OH is 1. The molecule has 0 radical (unpaired) electrons. The molecular weight excluding hydrogens is 458 g/mol. The zero-order chi connectivity index (χ0) is 24.7. The van der Waals surface area contributed by atoms with E-state index in [2.05, 4.69) is 25.3 Å². The highest BCUT2D eigenvalue weighted by molar-refractivity contribution is 7.89. The van der Waals surface area contributed by atoms with Crippen LogP contribution in [-0.2, 0) is 21.3 Å². The van der Waals surface area contributed by atoms with Gasteiger partial charge >= 0.3 is 6.09 Å². The van der Waals surface area contributed by atoms with E-state index >= 15 is 0 Å². The lowest BCUT2D eigenvalue weighted by atomic mass is 10.2. The average molecular weight is 490 g/mol. The molecule has 2 aromatic carbocycles. The molecule has 3 aromatic rings. The number of fused-ring (bicyclic) bond motifs is 1. The number of ether oxygens (including phenoxy) is 1. The zero-order valence-corrected chi connectivity index (χ0v) is 20.3. The molecule has 0 unspecified atom stereocenters. The van der Waals surface area contributed by atoms with Crippen LogP contribution in [0.4, 0.5) is 10.7 Å². The molecule has 0 aliphatic carbocycles. The number of aliphatic hydroxyl groups is 1. The number of sulfonamides is 1. The minimum Gasteiger partial charge on any atom is -0.453 e. The van der Waals surface area contributed by atoms with Crippen LogP contribution in [0, 0.1) is 5.92 Å². The SMILES string of the molecule is COC(=O)Nc1nc2ccc(S(=O)(=O)N(CC(C)C)C[C@H](O)CNCc3ccccc3)cc2[nH]1. The fourth-order valence-corrected chi connectivity index (χ4v) is 5.13. The van der Waals surface area contributed by atoms with Crippen LogP contribution in [0.25, 0.3) is 11.0 Å². The summed E-state index contributed by atoms with van der Waals surface area (Å²) in [6.45, 7) is 4.89. The summed E-state index contributed by atoms with van der Waals surface area (Å²) in [4.78, 5) is 18.5. The number of hydrogen-bond donors (Lipinski definition) is 4. The third-order valence-corrected chi connectivity index (χ3v) is 6.86. The Hall–Kier alpha value is -2.99. The van der Waals surface area contributed by atoms with Crippen molar-refractivity contribution in [2.75, 3.05) is 32.1 Å². The number of hydrogen-bond acceptors (Lipinski definition) is 7. The van der Waals surface area contributed by atoms with Crippen LogP contribution in [0.5, 0.6) is 0 Å². The minimum absolute atomic E-state index is 0.0432. The van der Waals surface area contributed by atoms with Crippen LogP contribution < -0.4 is 10.6 Å². The Morgan fingerprint density at radius 1 is 1.18 bits per heavy atom. The third-order valence-electron chi connectivity index (χ3n) is 5.03. The molecule has 1 aromatic heterocycles. The van der Waals surface area contributed by atoms with Crippen LogP contribution in [0.15, 0.2) is 53.4 Å². The first-order chi connectivity index (χ1) is 16.2. The summed E-state index contributed by atoms with van der Waals surface area (Å²) in [7, 11) is -2.66. The summed E-state index contributed by atoms with van der Waals surface area (Å²) >= 11 is 0. The Kier molecular flexibility index (Phi) is 8.61. The van der Waals surface area contributed by atoms with Crippen LogP contribution in [0.1, 0.15) is 19.4 Å². The van der Waals surface area contributed by atoms with Crippen molar-refractivity contribution in [1.82, 2.24) is 19.6 Å². The Morgan fingerprint density at radius 2 is 1.91 bits per heavy atom. The van der Waals surface area contributed by atoms with E-state index in [0.29, 0.717) is 17.6 Å². The van der Waals surface area contributed by atoms with Gasteiger partial charge in [0.05, 0.1) is 29.1 Å². The van der Waals surface area contributed by atoms with Crippen molar-refractivity contribution in [1.29, 1.82) is 0 Å². The largest absolute Gasteiger partial charge is 0.453 e. The van der Waals surface area contributed by atoms with Gasteiger partial charge in [0.1, 0.15) is 0 Å². The molecule has 0 saturated heterocycles. The molecule has 0 saturated carbocycles. The number of nitrogens with zero attached hydrogens (tertiary/aromatic N) is 2. The Bertz CT molecular complexity index is 1200. The molecule has 0 aliphatic rings. The lowest BCUT2D eigenvalue weighted by Gasteiger charge is -2.26. The van der Waals surface area contributed by atoms with Crippen LogP contribution in [0.3, 0.4) is 0 Å². The number of aromatic nitrogens is 2. The van der Waals surface area contributed by atoms with Crippen LogP contribution >= 0.6 is 0 Å². The lowest BCUT2D eigenvalue weighted by Crippen LogP contribution is -2.43. The van der Waals surface area contributed by atoms with Crippen LogP contribution in [0.2, 0.25) is 0 Å². The van der Waals surface area contributed by atoms with Gasteiger partial charge in [-0.1, -0.05) is 44.2 Å². The predicted octanol–water partition coefficient (Wildman–Crippen LogP) is 2.54. The maximum absolute atomic E-state index is 13.4. The molecule has 1 atom stereocenters. The molecule has 11 heteroatoms. The van der Waals surface area contributed by atoms with Crippen molar-refractivity contribution in [3.05, 3.63) is 54.1 Å². The first-order valence-corrected chi connectivity index (χ1v) is 12.4. The Balaban J connectivity index is 1.73. The van der Waals surface area contributed by atoms with Gasteiger partial charge in [0.15, 0.2) is 0 Å². The number of aromatic amines is 1. The standard InChI is InChI=1S/C23H31N5O5S/c1-16(2)14-28(15-18(29)13-24-12-17-7-5-4-6-8-17)34(31,32)19-9-10-20-21(11-19)26-22(25-20)27-23(30)33-3/h4-11,16,18,24,29H,12-15H2,1-3H3,(H2,25,26,27,30)/t18-/m1/s1. The molecule has 1 heterocycles. The number of carbonyl (C=O) groups is 1. The van der Waals surface area contributed by atoms with Gasteiger partial charge < -0.3 is 20.1 Å². The molecule has 0 bridgehead atoms. The molecule has 4 N–H and O–H groups in total. The summed E-state index contributed by atoms with van der Waals surface area (Å²) in [5.74, 6) is 0.210. The van der Waals surface area contributed by atoms with Crippen molar-refractivity contribution in [3.8, 4) is 0 Å². The monoisotopic (exact) mass is 489 g/mol. The van der Waals surface area contributed by atoms with Gasteiger partial charge in [0, 0.05) is 26.2 Å². The molecule has 0 spiro atoms. The first kappa shape index (κ1) is 25.6. The molecule has 10 nitrogen and oxygen atoms in total. The van der Waals surface area contributed by atoms with E-state index in [1.807, 2.05) is 44.2 Å². The lowest BCUT2D eigenvalue weighted by molar-refractivity contribution is 0.139. The highest BCUT2D eigenvalue weighted by Crippen LogP contribution is 2.23. The van der Waals surface area contributed by atoms with Gasteiger partial charge in [-0.25, -0.2) is 18.2 Å². The number of rotatable bonds is 11. The predicted molar refractivity (Wildman–Crippen MR) is 130 cm³/mol. The number of nitrogens with one attached hydrogen (secondary N) is 3. The van der Waals surface area contributed by atoms with Gasteiger partial charge in [-0.15, -0.1) is 0 Å². The second-order valence-corrected chi connectivity index (χ2v) is 10.3. The molecule has 0 fully saturated rings. The van der Waals surface area contributed by atoms with Crippen molar-refractivity contribution < 1.29 is 23.1 Å². The summed E-state index contributed by atoms with van der Waals surface area (Å²) < 4.78 is 32.7. The number of amides is 1. The van der Waals surface area contributed by atoms with E-state index in [1.54, 1.807) is 6.07 Å². The number of anilines is 1. The number of methoxy groups -OCH3 is 1. The van der Waals surface area contributed by atoms with Crippen molar-refractivity contribution in [2.45, 2.75) is 31.4 Å². The van der Waals surface area contributed by atoms with Gasteiger partial charge in [-0.3, -0.25) is 5.32 Å². The molecule has 184 valence electrons. The van der Waals surface area contributed by atoms with Gasteiger partial charge in [-0.2, -0.15) is 4.31 Å². The number of benzene rings is 2. The molecule has 0 aliphatic heterocycles. The van der Waals surface area contributed by atoms with Crippen molar-refractivity contribution in [2.24, 2.45) is 5.92 Å². The zero-order valence-electron chi connectivity index (χ0n) is 19.5. The van der Waals surface area contributed by atoms with E-state index in [1.165, 1.54) is 23.5 Å². The average Bonchev–Trinajstić information content (AvgIpc) is 3.20. The molecule has 3 rings (SSSR count). The summed E-state index contributed by atoms with van der Waals surface area (Å²) in [6.07, 6.45) is -1.58. The van der Waals surface area contributed by atoms with Crippen molar-refractivity contribution in [3.63, 3.8) is 0 Å². The van der Waals surface area contributed by atoms with Crippen LogP contribution in [-0.4, -0.2) is 66.7 Å². The maximum Gasteiger partial charge on any atom is 0.413 e. The molecule has 1 amide bonds. The quantitative estimate of drug-likeness (QED) is 0.325. The number of imidazole rings is 1. The fraction of sp³-hybridized carbons (Fsp3) is 0.391. The maximum atomic E-state index is 13.4. The van der Waals surface area contributed by atoms with E-state index in [-0.39, 0.29) is 36.4 Å². The summed E-state index contributed by atoms with van der Waals surface area (Å²) in [6, 6.07) is 14.3. The van der Waals surface area contributed by atoms with Gasteiger partial charge in [-0.05, 0) is 29.7 Å². The smallest absolute Gasteiger partial charge is 0.413 e. The first-order valence-electron chi connectivity index (χ1n) is 11.0. The Labute approximate surface area is 199 Å². The Morgan fingerprint density at radius 3 is 2.59 bits per heavy atom. The molecular formula is C23H31N5O5S. The van der Waals surface area contributed by atoms with E-state index in [0.717, 1.165) is 5.56 Å². The van der Waals surface area contributed by atoms with E-state index in [9.17, 15) is 18.3 Å².